The Morgan fingerprint density at radius 3 is 2.69 bits per heavy atom. The Labute approximate surface area is 264 Å². The maximum absolute atomic E-state index is 12.7. The van der Waals surface area contributed by atoms with E-state index in [0.717, 1.165) is 12.8 Å². The lowest BCUT2D eigenvalue weighted by Crippen LogP contribution is -2.31. The zero-order valence-corrected chi connectivity index (χ0v) is 27.1. The first kappa shape index (κ1) is 31.0. The molecule has 5 aromatic heterocycles. The van der Waals surface area contributed by atoms with Gasteiger partial charge in [0, 0.05) is 38.2 Å². The molecule has 1 aliphatic heterocycles. The highest BCUT2D eigenvalue weighted by molar-refractivity contribution is 8.07. The van der Waals surface area contributed by atoms with Crippen molar-refractivity contribution in [2.45, 2.75) is 43.7 Å². The highest BCUT2D eigenvalue weighted by Crippen LogP contribution is 2.52. The van der Waals surface area contributed by atoms with Gasteiger partial charge in [-0.25, -0.2) is 19.9 Å². The number of aromatic amines is 1. The van der Waals surface area contributed by atoms with Crippen molar-refractivity contribution in [3.8, 4) is 0 Å². The molecule has 1 saturated carbocycles. The summed E-state index contributed by atoms with van der Waals surface area (Å²) in [5.74, 6) is 0.823. The molecule has 7 rings (SSSR count). The average Bonchev–Trinajstić information content (AvgIpc) is 3.77. The summed E-state index contributed by atoms with van der Waals surface area (Å²) in [6.45, 7) is -7.27. The second-order valence-electron chi connectivity index (χ2n) is 10.8. The van der Waals surface area contributed by atoms with Crippen molar-refractivity contribution in [3.05, 3.63) is 47.7 Å². The van der Waals surface area contributed by atoms with Gasteiger partial charge in [0.15, 0.2) is 11.5 Å². The van der Waals surface area contributed by atoms with Crippen LogP contribution in [0.25, 0.3) is 28.0 Å². The molecule has 6 heterocycles. The Bertz CT molecular complexity index is 2040. The fourth-order valence-corrected chi connectivity index (χ4v) is 7.95. The van der Waals surface area contributed by atoms with E-state index >= 15 is 0 Å². The predicted molar refractivity (Wildman–Crippen MR) is 168 cm³/mol. The van der Waals surface area contributed by atoms with Crippen molar-refractivity contribution in [2.75, 3.05) is 26.1 Å². The van der Waals surface area contributed by atoms with Gasteiger partial charge in [-0.1, -0.05) is 0 Å². The van der Waals surface area contributed by atoms with Crippen LogP contribution in [0.15, 0.2) is 42.1 Å². The van der Waals surface area contributed by atoms with Crippen LogP contribution < -0.4 is 11.3 Å². The third-order valence-electron chi connectivity index (χ3n) is 8.08. The minimum absolute atomic E-state index is 0.125. The van der Waals surface area contributed by atoms with Gasteiger partial charge < -0.3 is 47.5 Å². The summed E-state index contributed by atoms with van der Waals surface area (Å²) in [7, 11) is 1.25. The first-order chi connectivity index (χ1) is 21.5. The molecule has 5 aromatic rings. The number of nitrogen functional groups attached to an aromatic ring is 1. The van der Waals surface area contributed by atoms with E-state index < -0.39 is 31.9 Å². The van der Waals surface area contributed by atoms with E-state index in [9.17, 15) is 14.6 Å². The summed E-state index contributed by atoms with van der Waals surface area (Å²) in [4.78, 5) is 53.5. The first-order valence-electron chi connectivity index (χ1n) is 13.8. The van der Waals surface area contributed by atoms with Gasteiger partial charge in [0.1, 0.15) is 29.8 Å². The van der Waals surface area contributed by atoms with Crippen LogP contribution in [0.1, 0.15) is 31.5 Å². The van der Waals surface area contributed by atoms with Gasteiger partial charge in [0.25, 0.3) is 5.56 Å². The molecule has 2 aliphatic rings. The monoisotopic (exact) mass is 697 g/mol. The summed E-state index contributed by atoms with van der Waals surface area (Å²) in [5.41, 5.74) is 7.39. The molecule has 5 atom stereocenters. The molecular weight excluding hydrogens is 668 g/mol. The second kappa shape index (κ2) is 11.8. The minimum Gasteiger partial charge on any atom is -0.382 e. The van der Waals surface area contributed by atoms with E-state index in [1.165, 1.54) is 13.4 Å². The molecule has 2 fully saturated rings. The van der Waals surface area contributed by atoms with E-state index in [4.69, 9.17) is 52.2 Å². The summed E-state index contributed by atoms with van der Waals surface area (Å²) in [6, 6.07) is 1.82. The van der Waals surface area contributed by atoms with Crippen LogP contribution in [-0.4, -0.2) is 80.8 Å². The largest absolute Gasteiger partial charge is 0.382 e. The number of hydrogen-bond acceptors (Lipinski definition) is 13. The van der Waals surface area contributed by atoms with E-state index in [2.05, 4.69) is 24.9 Å². The number of anilines is 1. The number of nitrogens with zero attached hydrogens (tertiary/aromatic N) is 7. The Balaban J connectivity index is 1.04. The number of nitrogens with one attached hydrogen (secondary N) is 1. The van der Waals surface area contributed by atoms with Gasteiger partial charge in [-0.2, -0.15) is 0 Å². The van der Waals surface area contributed by atoms with E-state index in [0.29, 0.717) is 33.8 Å². The van der Waals surface area contributed by atoms with Gasteiger partial charge >= 0.3 is 13.4 Å². The van der Waals surface area contributed by atoms with Crippen molar-refractivity contribution < 1.29 is 32.6 Å². The first-order valence-corrected chi connectivity index (χ1v) is 19.0. The number of nitrogens with two attached hydrogens (primary N) is 1. The van der Waals surface area contributed by atoms with Crippen molar-refractivity contribution in [3.63, 3.8) is 0 Å². The maximum Gasteiger partial charge on any atom is 0.324 e. The number of imidazole rings is 2. The highest BCUT2D eigenvalue weighted by atomic mass is 32.5. The number of rotatable bonds is 11. The van der Waals surface area contributed by atoms with Crippen LogP contribution in [-0.2, 0) is 46.4 Å². The van der Waals surface area contributed by atoms with Gasteiger partial charge in [-0.3, -0.25) is 14.2 Å². The quantitative estimate of drug-likeness (QED) is 0.146. The maximum atomic E-state index is 12.7. The number of H-pyrrole nitrogens is 1. The molecule has 2 unspecified atom stereocenters. The zero-order valence-electron chi connectivity index (χ0n) is 23.6. The summed E-state index contributed by atoms with van der Waals surface area (Å²) in [5, 5.41) is 0.431. The van der Waals surface area contributed by atoms with Crippen LogP contribution in [0.2, 0.25) is 0 Å². The van der Waals surface area contributed by atoms with E-state index in [-0.39, 0.29) is 37.2 Å². The Morgan fingerprint density at radius 2 is 1.89 bits per heavy atom. The standard InChI is InChI=1S/C24H29N9O8P2S2/c1-37-42(35,44)39-10-17-16(8-18(40-17)31-4-2-15-22(34)30-24-26-3-5-32(24)23(15)31)41-43(36,45)38-9-13-6-14(7-13)33-12-29-19-20(25)27-11-28-21(19)33/h2-5,11-14,16-18H,6-10H2,1H3,(H,35,44)(H,36,45)(H2,25,27,28)(H,26,30,34)/t13-,14+,16-,17+,18+,42?,43?/m0/s1. The lowest BCUT2D eigenvalue weighted by atomic mass is 9.81. The molecule has 45 heavy (non-hydrogen) atoms. The molecule has 0 radical (unpaired) electrons. The van der Waals surface area contributed by atoms with Gasteiger partial charge in [-0.05, 0) is 48.4 Å². The third kappa shape index (κ3) is 5.99. The van der Waals surface area contributed by atoms with Crippen molar-refractivity contribution >= 4 is 70.8 Å². The Morgan fingerprint density at radius 1 is 1.09 bits per heavy atom. The Hall–Kier alpha value is -2.67. The molecule has 1 saturated heterocycles. The molecule has 0 amide bonds. The van der Waals surface area contributed by atoms with E-state index in [1.807, 2.05) is 4.57 Å². The molecule has 0 aromatic carbocycles. The molecular formula is C24H29N9O8P2S2. The summed E-state index contributed by atoms with van der Waals surface area (Å²) in [6.07, 6.45) is 7.60. The third-order valence-corrected chi connectivity index (χ3v) is 11.4. The number of fused-ring (bicyclic) bond motifs is 4. The summed E-state index contributed by atoms with van der Waals surface area (Å²) >= 11 is 10.4. The molecule has 1 aliphatic carbocycles. The minimum atomic E-state index is -3.75. The van der Waals surface area contributed by atoms with Crippen LogP contribution in [0.3, 0.4) is 0 Å². The van der Waals surface area contributed by atoms with Crippen molar-refractivity contribution in [2.24, 2.45) is 5.92 Å². The Kier molecular flexibility index (Phi) is 8.15. The fraction of sp³-hybridized carbons (Fsp3) is 0.458. The topological polar surface area (TPSA) is 211 Å². The number of aromatic nitrogens is 8. The number of hydrogen-bond donors (Lipinski definition) is 4. The molecule has 5 N–H and O–H groups in total. The zero-order chi connectivity index (χ0) is 31.5. The van der Waals surface area contributed by atoms with E-state index in [1.54, 1.807) is 40.0 Å². The van der Waals surface area contributed by atoms with Crippen molar-refractivity contribution in [1.29, 1.82) is 0 Å². The van der Waals surface area contributed by atoms with Crippen LogP contribution in [0.5, 0.6) is 0 Å². The highest BCUT2D eigenvalue weighted by Gasteiger charge is 2.42. The summed E-state index contributed by atoms with van der Waals surface area (Å²) < 4.78 is 33.9. The molecule has 0 spiro atoms. The number of ether oxygens (including phenoxy) is 1. The predicted octanol–water partition coefficient (Wildman–Crippen LogP) is 2.14. The second-order valence-corrected chi connectivity index (χ2v) is 16.6. The van der Waals surface area contributed by atoms with Crippen LogP contribution in [0.4, 0.5) is 5.82 Å². The fourth-order valence-electron chi connectivity index (χ4n) is 5.79. The van der Waals surface area contributed by atoms with Gasteiger partial charge in [-0.15, -0.1) is 0 Å². The average molecular weight is 698 g/mol. The normalized spacial score (nSPS) is 26.3. The lowest BCUT2D eigenvalue weighted by Gasteiger charge is -2.36. The van der Waals surface area contributed by atoms with Crippen molar-refractivity contribution in [1.82, 2.24) is 38.5 Å². The molecule has 240 valence electrons. The van der Waals surface area contributed by atoms with Crippen LogP contribution in [0, 0.1) is 5.92 Å². The molecule has 21 heteroatoms. The van der Waals surface area contributed by atoms with Gasteiger partial charge in [0.2, 0.25) is 5.78 Å². The van der Waals surface area contributed by atoms with Gasteiger partial charge in [0.05, 0.1) is 31.0 Å². The van der Waals surface area contributed by atoms with Crippen LogP contribution >= 0.6 is 13.4 Å². The lowest BCUT2D eigenvalue weighted by molar-refractivity contribution is -0.0391. The molecule has 17 nitrogen and oxygen atoms in total. The smallest absolute Gasteiger partial charge is 0.324 e. The SMILES string of the molecule is COP(O)(=S)OC[C@H]1O[C@@H](n2ccc3c(=O)[nH]c4nccn4c32)C[C@@H]1OP(O)(=S)OC[C@H]1C[C@@H](n2cnc3c(N)ncnc32)C1. The molecule has 0 bridgehead atoms.